The Bertz CT molecular complexity index is 797. The maximum absolute atomic E-state index is 13.7. The minimum absolute atomic E-state index is 0.00957. The smallest absolute Gasteiger partial charge is 0.274 e. The van der Waals surface area contributed by atoms with Crippen molar-refractivity contribution in [2.24, 2.45) is 11.7 Å². The summed E-state index contributed by atoms with van der Waals surface area (Å²) in [5.41, 5.74) is 6.70. The van der Waals surface area contributed by atoms with E-state index in [4.69, 9.17) is 5.73 Å². The van der Waals surface area contributed by atoms with Crippen LogP contribution in [0.15, 0.2) is 42.6 Å². The molecule has 0 radical (unpaired) electrons. The number of nitrogens with one attached hydrogen (secondary N) is 2. The minimum Gasteiger partial charge on any atom is -0.328 e. The van der Waals surface area contributed by atoms with Crippen molar-refractivity contribution >= 4 is 23.2 Å². The summed E-state index contributed by atoms with van der Waals surface area (Å²) in [4.78, 5) is 28.8. The van der Waals surface area contributed by atoms with Gasteiger partial charge >= 0.3 is 0 Å². The lowest BCUT2D eigenvalue weighted by atomic mass is 9.85. The molecule has 0 aliphatic heterocycles. The molecule has 1 saturated carbocycles. The number of amides is 2. The van der Waals surface area contributed by atoms with Crippen LogP contribution in [0.4, 0.5) is 15.8 Å². The van der Waals surface area contributed by atoms with Crippen LogP contribution in [0, 0.1) is 11.7 Å². The third-order valence-electron chi connectivity index (χ3n) is 4.47. The molecular weight excluding hydrogens is 335 g/mol. The molecule has 1 fully saturated rings. The number of halogens is 1. The van der Waals surface area contributed by atoms with Gasteiger partial charge < -0.3 is 16.4 Å². The zero-order valence-corrected chi connectivity index (χ0v) is 14.2. The van der Waals surface area contributed by atoms with Crippen molar-refractivity contribution in [3.63, 3.8) is 0 Å². The van der Waals surface area contributed by atoms with E-state index in [1.807, 2.05) is 0 Å². The van der Waals surface area contributed by atoms with Gasteiger partial charge in [0.2, 0.25) is 5.91 Å². The Hall–Kier alpha value is -2.80. The van der Waals surface area contributed by atoms with E-state index in [1.165, 1.54) is 24.4 Å². The number of hydrogen-bond donors (Lipinski definition) is 3. The van der Waals surface area contributed by atoms with Gasteiger partial charge in [-0.25, -0.2) is 4.39 Å². The van der Waals surface area contributed by atoms with Gasteiger partial charge in [0.1, 0.15) is 11.5 Å². The van der Waals surface area contributed by atoms with E-state index in [0.29, 0.717) is 12.1 Å². The highest BCUT2D eigenvalue weighted by Gasteiger charge is 2.26. The van der Waals surface area contributed by atoms with E-state index in [2.05, 4.69) is 15.6 Å². The van der Waals surface area contributed by atoms with Gasteiger partial charge in [0, 0.05) is 18.2 Å². The third-order valence-corrected chi connectivity index (χ3v) is 4.47. The highest BCUT2D eigenvalue weighted by molar-refractivity contribution is 6.06. The molecule has 2 amide bonds. The zero-order valence-electron chi connectivity index (χ0n) is 14.2. The van der Waals surface area contributed by atoms with Gasteiger partial charge in [0.05, 0.1) is 11.4 Å². The summed E-state index contributed by atoms with van der Waals surface area (Å²) >= 11 is 0. The van der Waals surface area contributed by atoms with Gasteiger partial charge in [0.25, 0.3) is 5.91 Å². The van der Waals surface area contributed by atoms with Crippen LogP contribution in [0.5, 0.6) is 0 Å². The van der Waals surface area contributed by atoms with Crippen LogP contribution in [0.25, 0.3) is 0 Å². The van der Waals surface area contributed by atoms with Crippen LogP contribution in [0.1, 0.15) is 36.2 Å². The Kier molecular flexibility index (Phi) is 5.58. The van der Waals surface area contributed by atoms with Gasteiger partial charge in [-0.3, -0.25) is 14.6 Å². The summed E-state index contributed by atoms with van der Waals surface area (Å²) in [5, 5.41) is 5.39. The maximum Gasteiger partial charge on any atom is 0.274 e. The average molecular weight is 356 g/mol. The van der Waals surface area contributed by atoms with Crippen molar-refractivity contribution in [1.29, 1.82) is 0 Å². The van der Waals surface area contributed by atoms with Gasteiger partial charge in [-0.05, 0) is 49.6 Å². The quantitative estimate of drug-likeness (QED) is 0.785. The molecule has 2 unspecified atom stereocenters. The van der Waals surface area contributed by atoms with E-state index in [0.717, 1.165) is 19.3 Å². The summed E-state index contributed by atoms with van der Waals surface area (Å²) < 4.78 is 13.7. The predicted octanol–water partition coefficient (Wildman–Crippen LogP) is 2.93. The summed E-state index contributed by atoms with van der Waals surface area (Å²) in [7, 11) is 0. The molecule has 136 valence electrons. The molecule has 7 heteroatoms. The first-order valence-corrected chi connectivity index (χ1v) is 8.61. The molecule has 1 aromatic carbocycles. The highest BCUT2D eigenvalue weighted by atomic mass is 19.1. The maximum atomic E-state index is 13.7. The lowest BCUT2D eigenvalue weighted by Gasteiger charge is -2.26. The number of benzene rings is 1. The second-order valence-electron chi connectivity index (χ2n) is 6.47. The van der Waals surface area contributed by atoms with Crippen LogP contribution in [0.2, 0.25) is 0 Å². The van der Waals surface area contributed by atoms with Gasteiger partial charge in [0.15, 0.2) is 0 Å². The summed E-state index contributed by atoms with van der Waals surface area (Å²) in [6.45, 7) is 0. The molecule has 0 spiro atoms. The number of nitrogens with two attached hydrogens (primary N) is 1. The molecule has 1 aromatic heterocycles. The molecule has 2 atom stereocenters. The highest BCUT2D eigenvalue weighted by Crippen LogP contribution is 2.28. The second-order valence-corrected chi connectivity index (χ2v) is 6.47. The van der Waals surface area contributed by atoms with Crippen molar-refractivity contribution in [3.8, 4) is 0 Å². The Morgan fingerprint density at radius 3 is 2.69 bits per heavy atom. The molecule has 1 aliphatic carbocycles. The molecule has 3 rings (SSSR count). The van der Waals surface area contributed by atoms with E-state index >= 15 is 0 Å². The van der Waals surface area contributed by atoms with Crippen LogP contribution in [0.3, 0.4) is 0 Å². The van der Waals surface area contributed by atoms with Crippen LogP contribution >= 0.6 is 0 Å². The minimum atomic E-state index is -0.503. The number of hydrogen-bond acceptors (Lipinski definition) is 4. The van der Waals surface area contributed by atoms with E-state index < -0.39 is 11.7 Å². The molecule has 1 aliphatic rings. The van der Waals surface area contributed by atoms with Crippen molar-refractivity contribution in [2.75, 3.05) is 10.6 Å². The van der Waals surface area contributed by atoms with Crippen molar-refractivity contribution in [3.05, 3.63) is 54.1 Å². The van der Waals surface area contributed by atoms with E-state index in [1.54, 1.807) is 18.2 Å². The van der Waals surface area contributed by atoms with Gasteiger partial charge in [-0.15, -0.1) is 0 Å². The largest absolute Gasteiger partial charge is 0.328 e. The monoisotopic (exact) mass is 356 g/mol. The number of pyridine rings is 1. The third kappa shape index (κ3) is 4.43. The number of carbonyl (C=O) groups excluding carboxylic acids is 2. The Labute approximate surface area is 151 Å². The van der Waals surface area contributed by atoms with Crippen LogP contribution in [-0.2, 0) is 4.79 Å². The average Bonchev–Trinajstić information content (AvgIpc) is 2.64. The number of anilines is 2. The van der Waals surface area contributed by atoms with Crippen LogP contribution < -0.4 is 16.4 Å². The molecular formula is C19H21FN4O2. The van der Waals surface area contributed by atoms with E-state index in [9.17, 15) is 14.0 Å². The Morgan fingerprint density at radius 1 is 1.12 bits per heavy atom. The number of carbonyl (C=O) groups is 2. The molecule has 0 saturated heterocycles. The van der Waals surface area contributed by atoms with Crippen LogP contribution in [-0.4, -0.2) is 22.8 Å². The van der Waals surface area contributed by atoms with Crippen molar-refractivity contribution in [2.45, 2.75) is 31.7 Å². The normalized spacial score (nSPS) is 19.6. The lowest BCUT2D eigenvalue weighted by Crippen LogP contribution is -2.34. The SMILES string of the molecule is NC1CCCC(C(=O)Nc2cc(F)ccc2NC(=O)c2ccccn2)C1. The van der Waals surface area contributed by atoms with Crippen molar-refractivity contribution in [1.82, 2.24) is 4.98 Å². The Balaban J connectivity index is 1.75. The molecule has 26 heavy (non-hydrogen) atoms. The summed E-state index contributed by atoms with van der Waals surface area (Å²) in [6, 6.07) is 8.81. The first kappa shape index (κ1) is 18.0. The van der Waals surface area contributed by atoms with Crippen molar-refractivity contribution < 1.29 is 14.0 Å². The first-order chi connectivity index (χ1) is 12.5. The molecule has 1 heterocycles. The standard InChI is InChI=1S/C19H21FN4O2/c20-13-7-8-15(23-19(26)16-6-1-2-9-22-16)17(11-13)24-18(25)12-4-3-5-14(21)10-12/h1-2,6-9,11-12,14H,3-5,10,21H2,(H,23,26)(H,24,25). The summed E-state index contributed by atoms with van der Waals surface area (Å²) in [5.74, 6) is -1.36. The number of aromatic nitrogens is 1. The zero-order chi connectivity index (χ0) is 18.5. The lowest BCUT2D eigenvalue weighted by molar-refractivity contribution is -0.120. The molecule has 4 N–H and O–H groups in total. The number of rotatable bonds is 4. The molecule has 0 bridgehead atoms. The van der Waals surface area contributed by atoms with Gasteiger partial charge in [-0.2, -0.15) is 0 Å². The second kappa shape index (κ2) is 8.05. The fraction of sp³-hybridized carbons (Fsp3) is 0.316. The first-order valence-electron chi connectivity index (χ1n) is 8.61. The molecule has 2 aromatic rings. The van der Waals surface area contributed by atoms with E-state index in [-0.39, 0.29) is 29.2 Å². The topological polar surface area (TPSA) is 97.1 Å². The van der Waals surface area contributed by atoms with Gasteiger partial charge in [-0.1, -0.05) is 12.5 Å². The fourth-order valence-electron chi connectivity index (χ4n) is 3.11. The summed E-state index contributed by atoms with van der Waals surface area (Å²) in [6.07, 6.45) is 4.68. The fourth-order valence-corrected chi connectivity index (χ4v) is 3.11. The number of nitrogens with zero attached hydrogens (tertiary/aromatic N) is 1. The molecule has 6 nitrogen and oxygen atoms in total. The Morgan fingerprint density at radius 2 is 1.96 bits per heavy atom. The predicted molar refractivity (Wildman–Crippen MR) is 97.2 cm³/mol.